The van der Waals surface area contributed by atoms with E-state index in [-0.39, 0.29) is 0 Å². The van der Waals surface area contributed by atoms with Crippen molar-refractivity contribution in [2.24, 2.45) is 0 Å². The minimum absolute atomic E-state index is 0.644. The number of rotatable bonds is 5. The lowest BCUT2D eigenvalue weighted by Crippen LogP contribution is -2.37. The Hall–Kier alpha value is -0.160. The number of hydrogen-bond acceptors (Lipinski definition) is 2. The summed E-state index contributed by atoms with van der Waals surface area (Å²) in [5.41, 5.74) is 0. The van der Waals surface area contributed by atoms with E-state index < -0.39 is 10.8 Å². The van der Waals surface area contributed by atoms with Crippen LogP contribution in [-0.4, -0.2) is 33.9 Å². The molecule has 1 unspecified atom stereocenters. The molecule has 0 rings (SSSR count). The molecule has 0 aromatic carbocycles. The van der Waals surface area contributed by atoms with Crippen LogP contribution in [-0.2, 0) is 10.8 Å². The number of thiocarbonyl (C=S) groups is 1. The highest BCUT2D eigenvalue weighted by Crippen LogP contribution is 1.78. The van der Waals surface area contributed by atoms with Crippen molar-refractivity contribution in [3.05, 3.63) is 0 Å². The van der Waals surface area contributed by atoms with Crippen molar-refractivity contribution < 1.29 is 4.21 Å². The summed E-state index contributed by atoms with van der Waals surface area (Å²) in [6.07, 6.45) is 0. The lowest BCUT2D eigenvalue weighted by Gasteiger charge is -2.07. The van der Waals surface area contributed by atoms with Gasteiger partial charge in [-0.15, -0.1) is 0 Å². The fourth-order valence-electron chi connectivity index (χ4n) is 0.646. The van der Waals surface area contributed by atoms with Crippen LogP contribution in [0.15, 0.2) is 0 Å². The minimum Gasteiger partial charge on any atom is -0.363 e. The second-order valence-electron chi connectivity index (χ2n) is 2.22. The van der Waals surface area contributed by atoms with E-state index >= 15 is 0 Å². The summed E-state index contributed by atoms with van der Waals surface area (Å²) in [6, 6.07) is 0. The first-order valence-corrected chi connectivity index (χ1v) is 5.97. The first kappa shape index (κ1) is 11.8. The maximum absolute atomic E-state index is 11.0. The fourth-order valence-corrected chi connectivity index (χ4v) is 1.51. The summed E-state index contributed by atoms with van der Waals surface area (Å²) < 4.78 is 11.0. The Morgan fingerprint density at radius 3 is 2.58 bits per heavy atom. The monoisotopic (exact) mass is 208 g/mol. The molecule has 0 spiro atoms. The third-order valence-corrected chi connectivity index (χ3v) is 2.87. The second-order valence-corrected chi connectivity index (χ2v) is 4.49. The van der Waals surface area contributed by atoms with E-state index in [2.05, 4.69) is 10.6 Å². The SMILES string of the molecule is CCNC(=S)NCCS(=O)CC. The van der Waals surface area contributed by atoms with Crippen LogP contribution in [0, 0.1) is 0 Å². The Labute approximate surface area is 81.8 Å². The predicted octanol–water partition coefficient (Wildman–Crippen LogP) is 0.239. The molecule has 0 aromatic rings. The van der Waals surface area contributed by atoms with Crippen LogP contribution in [0.25, 0.3) is 0 Å². The van der Waals surface area contributed by atoms with E-state index in [1.807, 2.05) is 13.8 Å². The van der Waals surface area contributed by atoms with Gasteiger partial charge in [-0.3, -0.25) is 4.21 Å². The van der Waals surface area contributed by atoms with Crippen LogP contribution in [0.5, 0.6) is 0 Å². The molecule has 0 aromatic heterocycles. The maximum Gasteiger partial charge on any atom is 0.166 e. The fraction of sp³-hybridized carbons (Fsp3) is 0.857. The van der Waals surface area contributed by atoms with Crippen LogP contribution in [0.1, 0.15) is 13.8 Å². The molecule has 0 aliphatic heterocycles. The summed E-state index contributed by atoms with van der Waals surface area (Å²) >= 11 is 4.92. The molecule has 0 heterocycles. The maximum atomic E-state index is 11.0. The van der Waals surface area contributed by atoms with E-state index in [1.165, 1.54) is 0 Å². The van der Waals surface area contributed by atoms with Gasteiger partial charge in [-0.05, 0) is 19.1 Å². The van der Waals surface area contributed by atoms with Gasteiger partial charge in [-0.25, -0.2) is 0 Å². The van der Waals surface area contributed by atoms with E-state index in [0.717, 1.165) is 12.3 Å². The molecule has 72 valence electrons. The smallest absolute Gasteiger partial charge is 0.166 e. The quantitative estimate of drug-likeness (QED) is 0.635. The van der Waals surface area contributed by atoms with Crippen molar-refractivity contribution >= 4 is 28.1 Å². The van der Waals surface area contributed by atoms with Gasteiger partial charge in [0.05, 0.1) is 0 Å². The second kappa shape index (κ2) is 7.49. The molecule has 3 nitrogen and oxygen atoms in total. The van der Waals surface area contributed by atoms with Crippen LogP contribution >= 0.6 is 12.2 Å². The number of nitrogens with one attached hydrogen (secondary N) is 2. The molecular weight excluding hydrogens is 192 g/mol. The molecule has 0 amide bonds. The Morgan fingerprint density at radius 2 is 2.08 bits per heavy atom. The molecule has 2 N–H and O–H groups in total. The molecule has 0 saturated carbocycles. The Balaban J connectivity index is 3.30. The zero-order chi connectivity index (χ0) is 9.40. The minimum atomic E-state index is -0.697. The predicted molar refractivity (Wildman–Crippen MR) is 57.8 cm³/mol. The van der Waals surface area contributed by atoms with Gasteiger partial charge in [0.1, 0.15) is 0 Å². The van der Waals surface area contributed by atoms with Crippen LogP contribution < -0.4 is 10.6 Å². The van der Waals surface area contributed by atoms with Crippen LogP contribution in [0.2, 0.25) is 0 Å². The first-order valence-electron chi connectivity index (χ1n) is 4.07. The van der Waals surface area contributed by atoms with Gasteiger partial charge >= 0.3 is 0 Å². The Bertz CT molecular complexity index is 161. The van der Waals surface area contributed by atoms with E-state index in [9.17, 15) is 4.21 Å². The molecule has 0 bridgehead atoms. The van der Waals surface area contributed by atoms with Crippen molar-refractivity contribution in [3.63, 3.8) is 0 Å². The molecule has 0 aliphatic rings. The molecule has 0 aliphatic carbocycles. The standard InChI is InChI=1S/C7H16N2OS2/c1-3-8-7(11)9-5-6-12(10)4-2/h3-6H2,1-2H3,(H2,8,9,11). The van der Waals surface area contributed by atoms with E-state index in [0.29, 0.717) is 17.4 Å². The van der Waals surface area contributed by atoms with Crippen molar-refractivity contribution in [2.75, 3.05) is 24.6 Å². The third-order valence-electron chi connectivity index (χ3n) is 1.27. The van der Waals surface area contributed by atoms with Gasteiger partial charge in [0.15, 0.2) is 5.11 Å². The summed E-state index contributed by atoms with van der Waals surface area (Å²) in [5.74, 6) is 1.39. The molecule has 1 atom stereocenters. The summed E-state index contributed by atoms with van der Waals surface area (Å²) in [7, 11) is -0.697. The van der Waals surface area contributed by atoms with Crippen molar-refractivity contribution in [1.82, 2.24) is 10.6 Å². The highest BCUT2D eigenvalue weighted by molar-refractivity contribution is 7.84. The van der Waals surface area contributed by atoms with Gasteiger partial charge in [-0.2, -0.15) is 0 Å². The van der Waals surface area contributed by atoms with Gasteiger partial charge in [0.25, 0.3) is 0 Å². The molecule has 5 heteroatoms. The van der Waals surface area contributed by atoms with Crippen LogP contribution in [0.3, 0.4) is 0 Å². The lowest BCUT2D eigenvalue weighted by atomic mass is 10.7. The average Bonchev–Trinajstić information content (AvgIpc) is 2.04. The van der Waals surface area contributed by atoms with Gasteiger partial charge in [0, 0.05) is 35.4 Å². The highest BCUT2D eigenvalue weighted by Gasteiger charge is 1.96. The van der Waals surface area contributed by atoms with Crippen molar-refractivity contribution in [2.45, 2.75) is 13.8 Å². The summed E-state index contributed by atoms with van der Waals surface area (Å²) in [5, 5.41) is 6.58. The zero-order valence-corrected chi connectivity index (χ0v) is 9.19. The van der Waals surface area contributed by atoms with Crippen LogP contribution in [0.4, 0.5) is 0 Å². The Kier molecular flexibility index (Phi) is 7.39. The Morgan fingerprint density at radius 1 is 1.42 bits per heavy atom. The van der Waals surface area contributed by atoms with E-state index in [4.69, 9.17) is 12.2 Å². The van der Waals surface area contributed by atoms with Gasteiger partial charge in [-0.1, -0.05) is 6.92 Å². The van der Waals surface area contributed by atoms with Crippen molar-refractivity contribution in [1.29, 1.82) is 0 Å². The zero-order valence-electron chi connectivity index (χ0n) is 7.55. The number of hydrogen-bond donors (Lipinski definition) is 2. The molecule has 0 fully saturated rings. The highest BCUT2D eigenvalue weighted by atomic mass is 32.2. The average molecular weight is 208 g/mol. The largest absolute Gasteiger partial charge is 0.363 e. The summed E-state index contributed by atoms with van der Waals surface area (Å²) in [4.78, 5) is 0. The molecule has 12 heavy (non-hydrogen) atoms. The third kappa shape index (κ3) is 6.54. The topological polar surface area (TPSA) is 41.1 Å². The lowest BCUT2D eigenvalue weighted by molar-refractivity contribution is 0.682. The molecule has 0 radical (unpaired) electrons. The van der Waals surface area contributed by atoms with E-state index in [1.54, 1.807) is 0 Å². The first-order chi connectivity index (χ1) is 5.70. The summed E-state index contributed by atoms with van der Waals surface area (Å²) in [6.45, 7) is 5.41. The molecular formula is C7H16N2OS2. The van der Waals surface area contributed by atoms with Gasteiger partial charge < -0.3 is 10.6 Å². The molecule has 0 saturated heterocycles. The van der Waals surface area contributed by atoms with Crippen molar-refractivity contribution in [3.8, 4) is 0 Å². The normalized spacial score (nSPS) is 12.2. The van der Waals surface area contributed by atoms with Gasteiger partial charge in [0.2, 0.25) is 0 Å².